The van der Waals surface area contributed by atoms with Crippen LogP contribution in [0.5, 0.6) is 0 Å². The molecule has 0 saturated carbocycles. The first-order valence-corrected chi connectivity index (χ1v) is 9.68. The Bertz CT molecular complexity index is 1270. The Morgan fingerprint density at radius 3 is 2.59 bits per heavy atom. The number of imidazole rings is 1. The van der Waals surface area contributed by atoms with E-state index in [1.54, 1.807) is 35.7 Å². The van der Waals surface area contributed by atoms with E-state index in [0.29, 0.717) is 33.9 Å². The van der Waals surface area contributed by atoms with Gasteiger partial charge in [0, 0.05) is 22.9 Å². The molecule has 0 saturated heterocycles. The quantitative estimate of drug-likeness (QED) is 0.435. The Labute approximate surface area is 171 Å². The van der Waals surface area contributed by atoms with Gasteiger partial charge in [-0.2, -0.15) is 14.4 Å². The predicted molar refractivity (Wildman–Crippen MR) is 109 cm³/mol. The third-order valence-corrected chi connectivity index (χ3v) is 5.25. The van der Waals surface area contributed by atoms with Crippen molar-refractivity contribution >= 4 is 18.0 Å². The summed E-state index contributed by atoms with van der Waals surface area (Å²) in [5.74, 6) is -0.331. The molecule has 146 valence electrons. The number of pyridine rings is 1. The molecule has 0 aliphatic carbocycles. The van der Waals surface area contributed by atoms with E-state index in [0.717, 1.165) is 11.1 Å². The monoisotopic (exact) mass is 409 g/mol. The lowest BCUT2D eigenvalue weighted by atomic mass is 9.95. The highest BCUT2D eigenvalue weighted by Crippen LogP contribution is 2.40. The minimum Gasteiger partial charge on any atom is -0.291 e. The molecule has 4 aromatic rings. The molecule has 4 rings (SSSR count). The van der Waals surface area contributed by atoms with Crippen LogP contribution < -0.4 is 0 Å². The molecule has 1 aromatic carbocycles. The number of hydrogen-bond acceptors (Lipinski definition) is 4. The topological polar surface area (TPSA) is 58.9 Å². The van der Waals surface area contributed by atoms with Gasteiger partial charge >= 0.3 is 0 Å². The van der Waals surface area contributed by atoms with Gasteiger partial charge in [0.05, 0.1) is 11.9 Å². The van der Waals surface area contributed by atoms with Crippen molar-refractivity contribution in [3.8, 4) is 28.5 Å². The fraction of sp³-hybridized carbons (Fsp3) is 0.190. The molecule has 0 unspecified atom stereocenters. The van der Waals surface area contributed by atoms with Crippen LogP contribution in [0.15, 0.2) is 42.7 Å². The van der Waals surface area contributed by atoms with E-state index in [4.69, 9.17) is 0 Å². The maximum Gasteiger partial charge on any atom is 0.187 e. The Morgan fingerprint density at radius 1 is 1.17 bits per heavy atom. The molecule has 0 aliphatic heterocycles. The molecule has 8 heteroatoms. The summed E-state index contributed by atoms with van der Waals surface area (Å²) in [6.45, 7) is 5.60. The van der Waals surface area contributed by atoms with Crippen molar-refractivity contribution in [3.63, 3.8) is 0 Å². The maximum atomic E-state index is 13.8. The average molecular weight is 409 g/mol. The molecule has 0 bridgehead atoms. The van der Waals surface area contributed by atoms with Gasteiger partial charge in [0.15, 0.2) is 12.3 Å². The third-order valence-electron chi connectivity index (χ3n) is 4.84. The van der Waals surface area contributed by atoms with E-state index in [1.807, 2.05) is 19.9 Å². The largest absolute Gasteiger partial charge is 0.291 e. The van der Waals surface area contributed by atoms with Crippen molar-refractivity contribution in [1.82, 2.24) is 18.6 Å². The number of nitrogens with zero attached hydrogens (tertiary/aromatic N) is 5. The number of nitriles is 1. The number of halogens is 2. The molecular formula is C21H17F2N5S. The Morgan fingerprint density at radius 2 is 1.93 bits per heavy atom. The standard InChI is InChI=1S/C21H17F2N5S/c1-12(2)21-19(15-5-7-18-25-10-16(9-24)27(18)11-15)20(26-28(21)29-23)14-4-6-17(22)13(3)8-14/h4-8,10-12H,1-3H3. The van der Waals surface area contributed by atoms with Crippen LogP contribution in [0.2, 0.25) is 0 Å². The first kappa shape index (κ1) is 19.2. The van der Waals surface area contributed by atoms with Crippen LogP contribution in [0.25, 0.3) is 28.0 Å². The maximum absolute atomic E-state index is 13.8. The van der Waals surface area contributed by atoms with Gasteiger partial charge in [0.1, 0.15) is 28.9 Å². The Hall–Kier alpha value is -3.18. The number of rotatable bonds is 4. The van der Waals surface area contributed by atoms with E-state index in [9.17, 15) is 13.5 Å². The van der Waals surface area contributed by atoms with Gasteiger partial charge in [-0.25, -0.2) is 9.37 Å². The van der Waals surface area contributed by atoms with Gasteiger partial charge in [-0.1, -0.05) is 13.8 Å². The number of aryl methyl sites for hydroxylation is 1. The summed E-state index contributed by atoms with van der Waals surface area (Å²) >= 11 is 0.0284. The fourth-order valence-electron chi connectivity index (χ4n) is 3.46. The van der Waals surface area contributed by atoms with Gasteiger partial charge < -0.3 is 0 Å². The summed E-state index contributed by atoms with van der Waals surface area (Å²) in [7, 11) is 0. The average Bonchev–Trinajstić information content (AvgIpc) is 3.30. The van der Waals surface area contributed by atoms with Crippen LogP contribution in [0.1, 0.15) is 36.7 Å². The second-order valence-corrected chi connectivity index (χ2v) is 7.55. The fourth-order valence-corrected chi connectivity index (χ4v) is 3.95. The molecule has 0 radical (unpaired) electrons. The highest BCUT2D eigenvalue weighted by molar-refractivity contribution is 7.92. The van der Waals surface area contributed by atoms with Gasteiger partial charge in [-0.05, 0) is 48.7 Å². The molecule has 3 aromatic heterocycles. The minimum absolute atomic E-state index is 0.0232. The molecule has 0 atom stereocenters. The molecule has 29 heavy (non-hydrogen) atoms. The van der Waals surface area contributed by atoms with Crippen LogP contribution in [-0.4, -0.2) is 18.6 Å². The van der Waals surface area contributed by atoms with Crippen LogP contribution in [0, 0.1) is 24.1 Å². The van der Waals surface area contributed by atoms with Crippen LogP contribution in [0.3, 0.4) is 0 Å². The number of benzene rings is 1. The zero-order valence-electron chi connectivity index (χ0n) is 16.0. The van der Waals surface area contributed by atoms with Crippen LogP contribution >= 0.6 is 12.3 Å². The second-order valence-electron chi connectivity index (χ2n) is 7.07. The molecule has 5 nitrogen and oxygen atoms in total. The summed E-state index contributed by atoms with van der Waals surface area (Å²) in [6, 6.07) is 10.5. The lowest BCUT2D eigenvalue weighted by Crippen LogP contribution is -1.99. The van der Waals surface area contributed by atoms with Crippen molar-refractivity contribution in [2.75, 3.05) is 0 Å². The smallest absolute Gasteiger partial charge is 0.187 e. The van der Waals surface area contributed by atoms with Gasteiger partial charge in [-0.3, -0.25) is 4.40 Å². The lowest BCUT2D eigenvalue weighted by molar-refractivity contribution is 0.618. The van der Waals surface area contributed by atoms with E-state index in [-0.39, 0.29) is 24.1 Å². The third kappa shape index (κ3) is 3.17. The first-order chi connectivity index (χ1) is 13.9. The highest BCUT2D eigenvalue weighted by Gasteiger charge is 2.24. The number of aromatic nitrogens is 4. The minimum atomic E-state index is -0.308. The van der Waals surface area contributed by atoms with E-state index < -0.39 is 0 Å². The summed E-state index contributed by atoms with van der Waals surface area (Å²) in [5, 5.41) is 13.8. The lowest BCUT2D eigenvalue weighted by Gasteiger charge is -2.11. The van der Waals surface area contributed by atoms with Gasteiger partial charge in [0.25, 0.3) is 0 Å². The molecule has 0 N–H and O–H groups in total. The van der Waals surface area contributed by atoms with Crippen molar-refractivity contribution in [2.45, 2.75) is 26.7 Å². The Balaban J connectivity index is 2.04. The Kier molecular flexibility index (Phi) is 4.84. The van der Waals surface area contributed by atoms with Crippen molar-refractivity contribution in [3.05, 3.63) is 65.5 Å². The number of hydrogen-bond donors (Lipinski definition) is 0. The van der Waals surface area contributed by atoms with E-state index >= 15 is 0 Å². The van der Waals surface area contributed by atoms with Crippen LogP contribution in [0.4, 0.5) is 8.28 Å². The molecular weight excluding hydrogens is 392 g/mol. The van der Waals surface area contributed by atoms with Crippen LogP contribution in [-0.2, 0) is 0 Å². The predicted octanol–water partition coefficient (Wildman–Crippen LogP) is 5.69. The molecule has 0 aliphatic rings. The zero-order chi connectivity index (χ0) is 20.7. The normalized spacial score (nSPS) is 11.3. The molecule has 0 amide bonds. The second kappa shape index (κ2) is 7.33. The van der Waals surface area contributed by atoms with E-state index in [2.05, 4.69) is 16.2 Å². The van der Waals surface area contributed by atoms with Crippen molar-refractivity contribution < 1.29 is 8.28 Å². The van der Waals surface area contributed by atoms with Crippen molar-refractivity contribution in [1.29, 1.82) is 5.26 Å². The summed E-state index contributed by atoms with van der Waals surface area (Å²) < 4.78 is 30.5. The molecule has 3 heterocycles. The summed E-state index contributed by atoms with van der Waals surface area (Å²) in [5.41, 5.74) is 5.00. The van der Waals surface area contributed by atoms with Gasteiger partial charge in [0.2, 0.25) is 0 Å². The SMILES string of the molecule is Cc1cc(-c2nn(SF)c(C(C)C)c2-c2ccc3ncc(C#N)n3c2)ccc1F. The van der Waals surface area contributed by atoms with Crippen molar-refractivity contribution in [2.24, 2.45) is 0 Å². The first-order valence-electron chi connectivity index (χ1n) is 9.00. The summed E-state index contributed by atoms with van der Waals surface area (Å²) in [6.07, 6.45) is 3.31. The van der Waals surface area contributed by atoms with Gasteiger partial charge in [-0.15, -0.1) is 3.89 Å². The van der Waals surface area contributed by atoms with E-state index in [1.165, 1.54) is 16.4 Å². The molecule has 0 fully saturated rings. The summed E-state index contributed by atoms with van der Waals surface area (Å²) in [4.78, 5) is 4.22. The number of fused-ring (bicyclic) bond motifs is 1. The molecule has 0 spiro atoms. The zero-order valence-corrected chi connectivity index (χ0v) is 16.8. The highest BCUT2D eigenvalue weighted by atomic mass is 32.2.